The Morgan fingerprint density at radius 3 is 2.68 bits per heavy atom. The average molecular weight is 368 g/mol. The van der Waals surface area contributed by atoms with Crippen molar-refractivity contribution in [1.82, 2.24) is 19.6 Å². The summed E-state index contributed by atoms with van der Waals surface area (Å²) in [6, 6.07) is 6.67. The summed E-state index contributed by atoms with van der Waals surface area (Å²) in [4.78, 5) is 14.3. The fourth-order valence-corrected chi connectivity index (χ4v) is 3.33. The fraction of sp³-hybridized carbons (Fsp3) is 0.312. The molecule has 0 saturated heterocycles. The van der Waals surface area contributed by atoms with Gasteiger partial charge in [0.1, 0.15) is 0 Å². The minimum atomic E-state index is -4.37. The zero-order chi connectivity index (χ0) is 18.2. The quantitative estimate of drug-likeness (QED) is 0.711. The van der Waals surface area contributed by atoms with Crippen LogP contribution in [0.4, 0.5) is 13.2 Å². The van der Waals surface area contributed by atoms with Gasteiger partial charge >= 0.3 is 6.18 Å². The van der Waals surface area contributed by atoms with E-state index in [9.17, 15) is 18.0 Å². The standard InChI is InChI=1S/C16H15F3N4OS/c1-9(2)12-7-13(24)20-14-21-22-15(23(12)14)25-8-10-4-3-5-11(6-10)16(17,18)19/h3-7,9H,8H2,1-2H3,(H,20,21,24). The normalized spacial score (nSPS) is 12.2. The number of nitrogens with zero attached hydrogens (tertiary/aromatic N) is 3. The first kappa shape index (κ1) is 17.5. The topological polar surface area (TPSA) is 63.0 Å². The van der Waals surface area contributed by atoms with Gasteiger partial charge in [-0.15, -0.1) is 10.2 Å². The summed E-state index contributed by atoms with van der Waals surface area (Å²) >= 11 is 1.27. The van der Waals surface area contributed by atoms with Gasteiger partial charge in [0, 0.05) is 17.5 Å². The Morgan fingerprint density at radius 1 is 1.24 bits per heavy atom. The molecule has 5 nitrogen and oxygen atoms in total. The highest BCUT2D eigenvalue weighted by Gasteiger charge is 2.30. The van der Waals surface area contributed by atoms with Gasteiger partial charge < -0.3 is 0 Å². The Labute approximate surface area is 145 Å². The average Bonchev–Trinajstić information content (AvgIpc) is 2.94. The van der Waals surface area contributed by atoms with Crippen molar-refractivity contribution in [3.8, 4) is 0 Å². The molecule has 25 heavy (non-hydrogen) atoms. The molecule has 1 aromatic carbocycles. The van der Waals surface area contributed by atoms with E-state index >= 15 is 0 Å². The monoisotopic (exact) mass is 368 g/mol. The third-order valence-corrected chi connectivity index (χ3v) is 4.62. The smallest absolute Gasteiger partial charge is 0.291 e. The van der Waals surface area contributed by atoms with Gasteiger partial charge in [0.15, 0.2) is 5.16 Å². The Kier molecular flexibility index (Phi) is 4.59. The minimum Gasteiger partial charge on any atom is -0.291 e. The SMILES string of the molecule is CC(C)c1cc(=O)[nH]c2nnc(SCc3cccc(C(F)(F)F)c3)n12. The zero-order valence-electron chi connectivity index (χ0n) is 13.5. The Balaban J connectivity index is 1.91. The lowest BCUT2D eigenvalue weighted by Crippen LogP contribution is -2.13. The highest BCUT2D eigenvalue weighted by atomic mass is 32.2. The van der Waals surface area contributed by atoms with Gasteiger partial charge in [-0.25, -0.2) is 0 Å². The summed E-state index contributed by atoms with van der Waals surface area (Å²) in [6.45, 7) is 3.88. The van der Waals surface area contributed by atoms with Crippen LogP contribution in [0.25, 0.3) is 5.78 Å². The molecule has 0 aliphatic rings. The van der Waals surface area contributed by atoms with E-state index in [0.29, 0.717) is 22.3 Å². The number of halogens is 3. The molecule has 2 heterocycles. The highest BCUT2D eigenvalue weighted by molar-refractivity contribution is 7.98. The van der Waals surface area contributed by atoms with Crippen molar-refractivity contribution in [1.29, 1.82) is 0 Å². The molecule has 132 valence electrons. The molecule has 0 amide bonds. The molecule has 2 aromatic heterocycles. The molecule has 0 atom stereocenters. The molecule has 3 aromatic rings. The van der Waals surface area contributed by atoms with Crippen molar-refractivity contribution < 1.29 is 13.2 Å². The molecule has 0 fully saturated rings. The maximum Gasteiger partial charge on any atom is 0.416 e. The first-order valence-corrected chi connectivity index (χ1v) is 8.51. The van der Waals surface area contributed by atoms with Crippen molar-refractivity contribution in [2.45, 2.75) is 36.9 Å². The largest absolute Gasteiger partial charge is 0.416 e. The third kappa shape index (κ3) is 3.71. The van der Waals surface area contributed by atoms with Gasteiger partial charge in [0.05, 0.1) is 5.56 Å². The molecule has 9 heteroatoms. The van der Waals surface area contributed by atoms with Crippen LogP contribution in [-0.2, 0) is 11.9 Å². The number of aromatic amines is 1. The molecule has 0 bridgehead atoms. The van der Waals surface area contributed by atoms with Crippen LogP contribution < -0.4 is 5.56 Å². The molecule has 3 rings (SSSR count). The summed E-state index contributed by atoms with van der Waals surface area (Å²) < 4.78 is 40.1. The van der Waals surface area contributed by atoms with Crippen LogP contribution in [0.3, 0.4) is 0 Å². The summed E-state index contributed by atoms with van der Waals surface area (Å²) in [5.74, 6) is 0.693. The van der Waals surface area contributed by atoms with Crippen molar-refractivity contribution in [2.24, 2.45) is 0 Å². The lowest BCUT2D eigenvalue weighted by atomic mass is 10.1. The van der Waals surface area contributed by atoms with E-state index in [1.165, 1.54) is 23.9 Å². The maximum absolute atomic E-state index is 12.8. The van der Waals surface area contributed by atoms with Crippen molar-refractivity contribution in [3.63, 3.8) is 0 Å². The Bertz CT molecular complexity index is 962. The molecule has 0 unspecified atom stereocenters. The fourth-order valence-electron chi connectivity index (χ4n) is 2.43. The Hall–Kier alpha value is -2.29. The second-order valence-electron chi connectivity index (χ2n) is 5.84. The number of rotatable bonds is 4. The first-order chi connectivity index (χ1) is 11.8. The van der Waals surface area contributed by atoms with Gasteiger partial charge in [-0.2, -0.15) is 13.2 Å². The minimum absolute atomic E-state index is 0.0636. The number of fused-ring (bicyclic) bond motifs is 1. The van der Waals surface area contributed by atoms with E-state index < -0.39 is 11.7 Å². The molecule has 0 spiro atoms. The zero-order valence-corrected chi connectivity index (χ0v) is 14.3. The van der Waals surface area contributed by atoms with Gasteiger partial charge in [-0.05, 0) is 17.5 Å². The number of H-pyrrole nitrogens is 1. The molecule has 0 radical (unpaired) electrons. The third-order valence-electron chi connectivity index (χ3n) is 3.62. The number of hydrogen-bond acceptors (Lipinski definition) is 4. The molecule has 0 aliphatic carbocycles. The number of thioether (sulfide) groups is 1. The predicted octanol–water partition coefficient (Wildman–Crippen LogP) is 3.85. The van der Waals surface area contributed by atoms with E-state index in [1.807, 2.05) is 13.8 Å². The van der Waals surface area contributed by atoms with Crippen LogP contribution in [0, 0.1) is 0 Å². The Morgan fingerprint density at radius 2 is 2.00 bits per heavy atom. The lowest BCUT2D eigenvalue weighted by Gasteiger charge is -2.10. The first-order valence-electron chi connectivity index (χ1n) is 7.53. The number of hydrogen-bond donors (Lipinski definition) is 1. The summed E-state index contributed by atoms with van der Waals surface area (Å²) in [5.41, 5.74) is 0.337. The van der Waals surface area contributed by atoms with Crippen molar-refractivity contribution >= 4 is 17.5 Å². The lowest BCUT2D eigenvalue weighted by molar-refractivity contribution is -0.137. The van der Waals surface area contributed by atoms with Crippen molar-refractivity contribution in [3.05, 3.63) is 57.5 Å². The van der Waals surface area contributed by atoms with E-state index in [4.69, 9.17) is 0 Å². The predicted molar refractivity (Wildman–Crippen MR) is 88.7 cm³/mol. The number of benzene rings is 1. The van der Waals surface area contributed by atoms with E-state index in [-0.39, 0.29) is 11.5 Å². The summed E-state index contributed by atoms with van der Waals surface area (Å²) in [6.07, 6.45) is -4.37. The van der Waals surface area contributed by atoms with Crippen LogP contribution in [0.15, 0.2) is 40.3 Å². The number of aromatic nitrogens is 4. The van der Waals surface area contributed by atoms with Gasteiger partial charge in [-0.3, -0.25) is 14.2 Å². The summed E-state index contributed by atoms with van der Waals surface area (Å²) in [5, 5.41) is 8.52. The molecular formula is C16H15F3N4OS. The van der Waals surface area contributed by atoms with Crippen LogP contribution in [0.5, 0.6) is 0 Å². The van der Waals surface area contributed by atoms with Gasteiger partial charge in [0.2, 0.25) is 5.78 Å². The van der Waals surface area contributed by atoms with Crippen LogP contribution in [0.1, 0.15) is 36.6 Å². The maximum atomic E-state index is 12.8. The van der Waals surface area contributed by atoms with Crippen LogP contribution in [0.2, 0.25) is 0 Å². The summed E-state index contributed by atoms with van der Waals surface area (Å²) in [7, 11) is 0. The van der Waals surface area contributed by atoms with Crippen LogP contribution >= 0.6 is 11.8 Å². The molecule has 0 saturated carbocycles. The number of alkyl halides is 3. The molecular weight excluding hydrogens is 353 g/mol. The number of nitrogens with one attached hydrogen (secondary N) is 1. The van der Waals surface area contributed by atoms with Crippen molar-refractivity contribution in [2.75, 3.05) is 0 Å². The second-order valence-corrected chi connectivity index (χ2v) is 6.78. The van der Waals surface area contributed by atoms with E-state index in [1.54, 1.807) is 10.5 Å². The highest BCUT2D eigenvalue weighted by Crippen LogP contribution is 2.31. The van der Waals surface area contributed by atoms with Crippen LogP contribution in [-0.4, -0.2) is 19.6 Å². The van der Waals surface area contributed by atoms with Gasteiger partial charge in [0.25, 0.3) is 5.56 Å². The molecule has 1 N–H and O–H groups in total. The molecule has 0 aliphatic heterocycles. The van der Waals surface area contributed by atoms with E-state index in [2.05, 4.69) is 15.2 Å². The van der Waals surface area contributed by atoms with E-state index in [0.717, 1.165) is 17.8 Å². The van der Waals surface area contributed by atoms with Gasteiger partial charge in [-0.1, -0.05) is 43.8 Å². The second kappa shape index (κ2) is 6.55.